The van der Waals surface area contributed by atoms with E-state index in [1.807, 2.05) is 0 Å². The van der Waals surface area contributed by atoms with E-state index in [1.165, 1.54) is 13.2 Å². The van der Waals surface area contributed by atoms with Crippen LogP contribution in [0.5, 0.6) is 5.88 Å². The lowest BCUT2D eigenvalue weighted by Gasteiger charge is -2.29. The average Bonchev–Trinajstić information content (AvgIpc) is 2.49. The van der Waals surface area contributed by atoms with Crippen LogP contribution in [-0.2, 0) is 15.7 Å². The third-order valence-corrected chi connectivity index (χ3v) is 3.67. The molecule has 0 unspecified atom stereocenters. The number of hydrogen-bond acceptors (Lipinski definition) is 4. The predicted molar refractivity (Wildman–Crippen MR) is 75.9 cm³/mol. The van der Waals surface area contributed by atoms with Gasteiger partial charge in [-0.05, 0) is 31.7 Å². The lowest BCUT2D eigenvalue weighted by molar-refractivity contribution is -0.137. The summed E-state index contributed by atoms with van der Waals surface area (Å²) in [6, 6.07) is 2.27. The van der Waals surface area contributed by atoms with Crippen LogP contribution in [-0.4, -0.2) is 36.8 Å². The van der Waals surface area contributed by atoms with Gasteiger partial charge in [-0.1, -0.05) is 0 Å². The molecule has 1 aliphatic carbocycles. The normalized spacial score (nSPS) is 21.7. The van der Waals surface area contributed by atoms with Crippen molar-refractivity contribution in [2.24, 2.45) is 0 Å². The van der Waals surface area contributed by atoms with Crippen LogP contribution in [0.2, 0.25) is 0 Å². The summed E-state index contributed by atoms with van der Waals surface area (Å²) in [7, 11) is 1.46. The lowest BCUT2D eigenvalue weighted by atomic mass is 9.93. The van der Waals surface area contributed by atoms with Crippen LogP contribution < -0.4 is 10.1 Å². The van der Waals surface area contributed by atoms with Gasteiger partial charge in [-0.25, -0.2) is 4.98 Å². The Kier molecular flexibility index (Phi) is 5.81. The number of hydrogen-bond donors (Lipinski definition) is 1. The van der Waals surface area contributed by atoms with Crippen LogP contribution >= 0.6 is 0 Å². The molecule has 1 saturated carbocycles. The first-order chi connectivity index (χ1) is 10.9. The van der Waals surface area contributed by atoms with Gasteiger partial charge in [0.15, 0.2) is 0 Å². The Bertz CT molecular complexity index is 512. The van der Waals surface area contributed by atoms with Gasteiger partial charge in [-0.2, -0.15) is 13.2 Å². The largest absolute Gasteiger partial charge is 0.474 e. The fourth-order valence-electron chi connectivity index (χ4n) is 2.51. The number of nitrogens with zero attached hydrogens (tertiary/aromatic N) is 1. The summed E-state index contributed by atoms with van der Waals surface area (Å²) in [6.45, 7) is 0.0336. The molecule has 1 amide bonds. The van der Waals surface area contributed by atoms with Crippen LogP contribution in [0.4, 0.5) is 13.2 Å². The number of methoxy groups -OCH3 is 1. The molecule has 1 N–H and O–H groups in total. The molecule has 0 atom stereocenters. The van der Waals surface area contributed by atoms with Crippen molar-refractivity contribution in [1.29, 1.82) is 0 Å². The van der Waals surface area contributed by atoms with Crippen molar-refractivity contribution in [1.82, 2.24) is 10.3 Å². The number of amides is 1. The number of carbonyl (C=O) groups is 1. The van der Waals surface area contributed by atoms with E-state index >= 15 is 0 Å². The Balaban J connectivity index is 1.79. The van der Waals surface area contributed by atoms with E-state index in [9.17, 15) is 18.0 Å². The second kappa shape index (κ2) is 7.63. The van der Waals surface area contributed by atoms with Crippen molar-refractivity contribution in [3.05, 3.63) is 23.9 Å². The Labute approximate surface area is 132 Å². The molecule has 128 valence electrons. The highest BCUT2D eigenvalue weighted by molar-refractivity contribution is 5.77. The minimum atomic E-state index is -4.40. The van der Waals surface area contributed by atoms with Gasteiger partial charge in [-0.3, -0.25) is 4.79 Å². The van der Waals surface area contributed by atoms with Crippen LogP contribution in [0, 0.1) is 0 Å². The zero-order chi connectivity index (χ0) is 16.9. The Morgan fingerprint density at radius 1 is 1.30 bits per heavy atom. The van der Waals surface area contributed by atoms with E-state index in [1.54, 1.807) is 0 Å². The number of rotatable bonds is 5. The molecular weight excluding hydrogens is 313 g/mol. The molecule has 8 heteroatoms. The van der Waals surface area contributed by atoms with Crippen molar-refractivity contribution in [3.63, 3.8) is 0 Å². The van der Waals surface area contributed by atoms with Gasteiger partial charge in [0.25, 0.3) is 0 Å². The first-order valence-electron chi connectivity index (χ1n) is 7.36. The fourth-order valence-corrected chi connectivity index (χ4v) is 2.51. The Morgan fingerprint density at radius 2 is 2.00 bits per heavy atom. The lowest BCUT2D eigenvalue weighted by Crippen LogP contribution is -2.41. The van der Waals surface area contributed by atoms with E-state index in [-0.39, 0.29) is 30.5 Å². The van der Waals surface area contributed by atoms with Crippen LogP contribution in [0.3, 0.4) is 0 Å². The summed E-state index contributed by atoms with van der Waals surface area (Å²) in [5, 5.41) is 2.87. The van der Waals surface area contributed by atoms with Crippen molar-refractivity contribution >= 4 is 5.91 Å². The first kappa shape index (κ1) is 17.5. The topological polar surface area (TPSA) is 60.5 Å². The fraction of sp³-hybridized carbons (Fsp3) is 0.600. The summed E-state index contributed by atoms with van der Waals surface area (Å²) in [5.74, 6) is 0.0335. The van der Waals surface area contributed by atoms with Crippen molar-refractivity contribution in [2.45, 2.75) is 44.0 Å². The van der Waals surface area contributed by atoms with Crippen LogP contribution in [0.1, 0.15) is 31.2 Å². The second-order valence-electron chi connectivity index (χ2n) is 5.47. The number of nitrogens with one attached hydrogen (secondary N) is 1. The summed E-state index contributed by atoms with van der Waals surface area (Å²) in [6.07, 6.45) is -0.812. The maximum Gasteiger partial charge on any atom is 0.417 e. The van der Waals surface area contributed by atoms with Crippen molar-refractivity contribution < 1.29 is 27.4 Å². The van der Waals surface area contributed by atoms with Gasteiger partial charge < -0.3 is 14.8 Å². The molecule has 0 aromatic carbocycles. The molecule has 0 spiro atoms. The van der Waals surface area contributed by atoms with Gasteiger partial charge in [0.2, 0.25) is 11.8 Å². The first-order valence-corrected chi connectivity index (χ1v) is 7.36. The third-order valence-electron chi connectivity index (χ3n) is 3.67. The van der Waals surface area contributed by atoms with Gasteiger partial charge >= 0.3 is 6.18 Å². The molecule has 5 nitrogen and oxygen atoms in total. The molecule has 0 saturated heterocycles. The van der Waals surface area contributed by atoms with Gasteiger partial charge in [0.05, 0.1) is 5.56 Å². The van der Waals surface area contributed by atoms with Gasteiger partial charge in [0.1, 0.15) is 12.7 Å². The molecule has 23 heavy (non-hydrogen) atoms. The number of pyridine rings is 1. The third kappa shape index (κ3) is 5.38. The molecular formula is C15H19F3N2O3. The average molecular weight is 332 g/mol. The van der Waals surface area contributed by atoms with E-state index in [4.69, 9.17) is 9.47 Å². The number of ether oxygens (including phenoxy) is 2. The van der Waals surface area contributed by atoms with E-state index < -0.39 is 11.7 Å². The molecule has 1 heterocycles. The summed E-state index contributed by atoms with van der Waals surface area (Å²) >= 11 is 0. The molecule has 1 aliphatic rings. The maximum atomic E-state index is 12.5. The maximum absolute atomic E-state index is 12.5. The summed E-state index contributed by atoms with van der Waals surface area (Å²) < 4.78 is 47.7. The minimum Gasteiger partial charge on any atom is -0.474 e. The molecule has 1 aromatic heterocycles. The van der Waals surface area contributed by atoms with Gasteiger partial charge in [-0.15, -0.1) is 0 Å². The number of halogens is 3. The van der Waals surface area contributed by atoms with Gasteiger partial charge in [0, 0.05) is 25.4 Å². The number of aromatic nitrogens is 1. The summed E-state index contributed by atoms with van der Waals surface area (Å²) in [5.41, 5.74) is -0.797. The summed E-state index contributed by atoms with van der Waals surface area (Å²) in [4.78, 5) is 15.1. The molecule has 2 rings (SSSR count). The SMILES string of the molecule is COCC(=O)NC1CCC(Oc2ccc(C(F)(F)F)cn2)CC1. The van der Waals surface area contributed by atoms with E-state index in [2.05, 4.69) is 10.3 Å². The van der Waals surface area contributed by atoms with Crippen molar-refractivity contribution in [2.75, 3.05) is 13.7 Å². The molecule has 0 radical (unpaired) electrons. The standard InChI is InChI=1S/C15H19F3N2O3/c1-22-9-13(21)20-11-3-5-12(6-4-11)23-14-7-2-10(8-19-14)15(16,17)18/h2,7-8,11-12H,3-6,9H2,1H3,(H,20,21). The highest BCUT2D eigenvalue weighted by Crippen LogP contribution is 2.30. The van der Waals surface area contributed by atoms with Crippen LogP contribution in [0.15, 0.2) is 18.3 Å². The highest BCUT2D eigenvalue weighted by atomic mass is 19.4. The highest BCUT2D eigenvalue weighted by Gasteiger charge is 2.31. The smallest absolute Gasteiger partial charge is 0.417 e. The minimum absolute atomic E-state index is 0.0336. The van der Waals surface area contributed by atoms with E-state index in [0.717, 1.165) is 25.1 Å². The molecule has 0 aliphatic heterocycles. The van der Waals surface area contributed by atoms with E-state index in [0.29, 0.717) is 12.8 Å². The Morgan fingerprint density at radius 3 is 2.52 bits per heavy atom. The monoisotopic (exact) mass is 332 g/mol. The predicted octanol–water partition coefficient (Wildman–Crippen LogP) is 2.55. The molecule has 1 aromatic rings. The Hall–Kier alpha value is -1.83. The zero-order valence-corrected chi connectivity index (χ0v) is 12.7. The zero-order valence-electron chi connectivity index (χ0n) is 12.7. The van der Waals surface area contributed by atoms with Crippen LogP contribution in [0.25, 0.3) is 0 Å². The molecule has 0 bridgehead atoms. The quantitative estimate of drug-likeness (QED) is 0.900. The number of carbonyl (C=O) groups excluding carboxylic acids is 1. The second-order valence-corrected chi connectivity index (χ2v) is 5.47. The number of alkyl halides is 3. The van der Waals surface area contributed by atoms with Crippen molar-refractivity contribution in [3.8, 4) is 5.88 Å². The molecule has 1 fully saturated rings.